The number of hydrazine groups is 2. The van der Waals surface area contributed by atoms with Gasteiger partial charge < -0.3 is 20.8 Å². The van der Waals surface area contributed by atoms with Crippen molar-refractivity contribution >= 4 is 62.5 Å². The molecule has 2 aromatic heterocycles. The number of nitrogens with one attached hydrogen (secondary N) is 4. The van der Waals surface area contributed by atoms with Gasteiger partial charge in [0.25, 0.3) is 0 Å². The molecule has 4 heterocycles. The second kappa shape index (κ2) is 12.7. The second-order valence-electron chi connectivity index (χ2n) is 9.73. The van der Waals surface area contributed by atoms with E-state index in [-0.39, 0.29) is 11.1 Å². The van der Waals surface area contributed by atoms with Gasteiger partial charge in [-0.05, 0) is 30.3 Å². The lowest BCUT2D eigenvalue weighted by molar-refractivity contribution is 0.0334. The smallest absolute Gasteiger partial charge is 0.141 e. The predicted molar refractivity (Wildman–Crippen MR) is 163 cm³/mol. The molecule has 2 aliphatic rings. The van der Waals surface area contributed by atoms with Crippen molar-refractivity contribution in [3.05, 3.63) is 86.4 Å². The Morgan fingerprint density at radius 2 is 1.95 bits per heavy atom. The van der Waals surface area contributed by atoms with Crippen molar-refractivity contribution < 1.29 is 9.13 Å². The number of nitrogens with zero attached hydrogens (tertiary/aromatic N) is 5. The van der Waals surface area contributed by atoms with Crippen LogP contribution in [0.4, 0.5) is 21.5 Å². The number of morpholine rings is 1. The molecule has 1 unspecified atom stereocenters. The van der Waals surface area contributed by atoms with E-state index in [1.54, 1.807) is 17.6 Å². The molecule has 0 bridgehead atoms. The summed E-state index contributed by atoms with van der Waals surface area (Å²) in [5.74, 6) is -0.533. The van der Waals surface area contributed by atoms with Crippen LogP contribution in [-0.2, 0) is 4.74 Å². The molecule has 2 aliphatic heterocycles. The molecule has 14 heteroatoms. The molecule has 216 valence electrons. The van der Waals surface area contributed by atoms with Gasteiger partial charge in [0.05, 0.1) is 56.9 Å². The molecule has 0 radical (unpaired) electrons. The van der Waals surface area contributed by atoms with Gasteiger partial charge in [0.15, 0.2) is 0 Å². The van der Waals surface area contributed by atoms with Crippen LogP contribution in [0.1, 0.15) is 17.3 Å². The van der Waals surface area contributed by atoms with E-state index in [2.05, 4.69) is 42.5 Å². The van der Waals surface area contributed by atoms with Crippen LogP contribution < -0.4 is 21.6 Å². The summed E-state index contributed by atoms with van der Waals surface area (Å²) in [5, 5.41) is 21.6. The van der Waals surface area contributed by atoms with E-state index >= 15 is 0 Å². The van der Waals surface area contributed by atoms with Gasteiger partial charge >= 0.3 is 0 Å². The van der Waals surface area contributed by atoms with Crippen LogP contribution in [0, 0.1) is 17.1 Å². The molecule has 10 nitrogen and oxygen atoms in total. The SMILES string of the molecule is N#Cc1cnc2c(Cl)cc(NC(C3=CN(CCN4CCOCC4)NN3)c3cscn3)cc2c1Nc1ccc(F)c(Cl)c1. The molecule has 1 atom stereocenters. The summed E-state index contributed by atoms with van der Waals surface area (Å²) in [7, 11) is 0. The molecule has 0 saturated carbocycles. The number of halogens is 3. The molecule has 0 amide bonds. The number of rotatable bonds is 9. The number of thiazole rings is 1. The third-order valence-electron chi connectivity index (χ3n) is 7.00. The summed E-state index contributed by atoms with van der Waals surface area (Å²) in [6, 6.07) is 9.78. The monoisotopic (exact) mass is 625 g/mol. The van der Waals surface area contributed by atoms with Crippen LogP contribution in [0.2, 0.25) is 10.0 Å². The molecular formula is C28H26Cl2FN9OS. The van der Waals surface area contributed by atoms with E-state index in [0.717, 1.165) is 50.8 Å². The Morgan fingerprint density at radius 1 is 1.12 bits per heavy atom. The number of benzene rings is 2. The number of fused-ring (bicyclic) bond motifs is 1. The van der Waals surface area contributed by atoms with Crippen LogP contribution in [0.3, 0.4) is 0 Å². The van der Waals surface area contributed by atoms with Gasteiger partial charge in [-0.15, -0.1) is 16.9 Å². The number of hydrogen-bond acceptors (Lipinski definition) is 11. The lowest BCUT2D eigenvalue weighted by atomic mass is 10.1. The molecule has 0 aliphatic carbocycles. The first-order valence-electron chi connectivity index (χ1n) is 13.2. The highest BCUT2D eigenvalue weighted by Gasteiger charge is 2.25. The third kappa shape index (κ3) is 6.22. The molecule has 42 heavy (non-hydrogen) atoms. The first kappa shape index (κ1) is 28.4. The summed E-state index contributed by atoms with van der Waals surface area (Å²) in [6.07, 6.45) is 3.48. The Balaban J connectivity index is 1.30. The van der Waals surface area contributed by atoms with Crippen molar-refractivity contribution in [3.63, 3.8) is 0 Å². The molecule has 2 aromatic carbocycles. The highest BCUT2D eigenvalue weighted by atomic mass is 35.5. The van der Waals surface area contributed by atoms with Gasteiger partial charge in [0, 0.05) is 60.7 Å². The van der Waals surface area contributed by atoms with Gasteiger partial charge in [-0.2, -0.15) is 5.26 Å². The molecule has 4 N–H and O–H groups in total. The summed E-state index contributed by atoms with van der Waals surface area (Å²) in [5.41, 5.74) is 12.5. The van der Waals surface area contributed by atoms with E-state index in [1.165, 1.54) is 29.7 Å². The number of anilines is 3. The van der Waals surface area contributed by atoms with Crippen molar-refractivity contribution in [2.24, 2.45) is 0 Å². The molecule has 0 spiro atoms. The maximum Gasteiger partial charge on any atom is 0.141 e. The Bertz CT molecular complexity index is 1660. The van der Waals surface area contributed by atoms with Gasteiger partial charge in [-0.1, -0.05) is 23.2 Å². The van der Waals surface area contributed by atoms with Gasteiger partial charge in [-0.25, -0.2) is 9.37 Å². The Kier molecular flexibility index (Phi) is 8.57. The predicted octanol–water partition coefficient (Wildman–Crippen LogP) is 5.40. The van der Waals surface area contributed by atoms with Crippen molar-refractivity contribution in [1.82, 2.24) is 30.8 Å². The Hall–Kier alpha value is -3.70. The summed E-state index contributed by atoms with van der Waals surface area (Å²) >= 11 is 14.2. The fourth-order valence-electron chi connectivity index (χ4n) is 4.83. The first-order valence-corrected chi connectivity index (χ1v) is 14.9. The molecule has 1 saturated heterocycles. The fraction of sp³-hybridized carbons (Fsp3) is 0.250. The van der Waals surface area contributed by atoms with Crippen LogP contribution in [0.15, 0.2) is 59.3 Å². The molecule has 6 rings (SSSR count). The zero-order valence-corrected chi connectivity index (χ0v) is 24.5. The normalized spacial score (nSPS) is 16.1. The topological polar surface area (TPSA) is 113 Å². The van der Waals surface area contributed by atoms with Gasteiger partial charge in [0.1, 0.15) is 17.9 Å². The van der Waals surface area contributed by atoms with Crippen LogP contribution >= 0.6 is 34.5 Å². The van der Waals surface area contributed by atoms with Gasteiger partial charge in [-0.3, -0.25) is 14.9 Å². The van der Waals surface area contributed by atoms with E-state index < -0.39 is 5.82 Å². The largest absolute Gasteiger partial charge is 0.379 e. The fourth-order valence-corrected chi connectivity index (χ4v) is 5.86. The Labute approximate surface area is 255 Å². The average Bonchev–Trinajstić information content (AvgIpc) is 3.71. The van der Waals surface area contributed by atoms with Crippen molar-refractivity contribution in [1.29, 1.82) is 5.26 Å². The zero-order valence-electron chi connectivity index (χ0n) is 22.2. The maximum absolute atomic E-state index is 13.8. The van der Waals surface area contributed by atoms with E-state index in [0.29, 0.717) is 38.6 Å². The lowest BCUT2D eigenvalue weighted by Gasteiger charge is -2.28. The summed E-state index contributed by atoms with van der Waals surface area (Å²) < 4.78 is 19.2. The number of hydrogen-bond donors (Lipinski definition) is 4. The third-order valence-corrected chi connectivity index (χ3v) is 8.19. The average molecular weight is 627 g/mol. The van der Waals surface area contributed by atoms with E-state index in [9.17, 15) is 9.65 Å². The minimum Gasteiger partial charge on any atom is -0.379 e. The maximum atomic E-state index is 13.8. The number of pyridine rings is 1. The van der Waals surface area contributed by atoms with Crippen molar-refractivity contribution in [2.45, 2.75) is 6.04 Å². The minimum absolute atomic E-state index is 0.0340. The highest BCUT2D eigenvalue weighted by molar-refractivity contribution is 7.07. The summed E-state index contributed by atoms with van der Waals surface area (Å²) in [4.78, 5) is 11.4. The zero-order chi connectivity index (χ0) is 29.1. The minimum atomic E-state index is -0.533. The molecule has 1 fully saturated rings. The highest BCUT2D eigenvalue weighted by Crippen LogP contribution is 2.37. The van der Waals surface area contributed by atoms with Crippen molar-refractivity contribution in [3.8, 4) is 6.07 Å². The Morgan fingerprint density at radius 3 is 2.71 bits per heavy atom. The number of aromatic nitrogens is 2. The standard InChI is InChI=1S/C28H26Cl2FN9OS/c29-21-10-18(1-2-23(21)31)35-26-17(12-32)13-33-27-20(26)9-19(11-22(27)30)36-28(25-15-42-16-34-25)24-14-40(38-37-24)4-3-39-5-7-41-8-6-39/h1-2,9-11,13-16,28,36-38H,3-8H2,(H,33,35). The van der Waals surface area contributed by atoms with Crippen LogP contribution in [-0.4, -0.2) is 59.3 Å². The van der Waals surface area contributed by atoms with Crippen molar-refractivity contribution in [2.75, 3.05) is 50.0 Å². The van der Waals surface area contributed by atoms with E-state index in [1.807, 2.05) is 22.7 Å². The quantitative estimate of drug-likeness (QED) is 0.193. The van der Waals surface area contributed by atoms with E-state index in [4.69, 9.17) is 27.9 Å². The van der Waals surface area contributed by atoms with Gasteiger partial charge in [0.2, 0.25) is 0 Å². The van der Waals surface area contributed by atoms with Crippen LogP contribution in [0.25, 0.3) is 10.9 Å². The summed E-state index contributed by atoms with van der Waals surface area (Å²) in [6.45, 7) is 5.07. The number of nitriles is 1. The molecule has 4 aromatic rings. The lowest BCUT2D eigenvalue weighted by Crippen LogP contribution is -2.44. The second-order valence-corrected chi connectivity index (χ2v) is 11.3. The molecular weight excluding hydrogens is 600 g/mol. The van der Waals surface area contributed by atoms with Crippen LogP contribution in [0.5, 0.6) is 0 Å². The first-order chi connectivity index (χ1) is 20.5. The number of ether oxygens (including phenoxy) is 1.